The second kappa shape index (κ2) is 8.32. The maximum absolute atomic E-state index is 10.8. The Bertz CT molecular complexity index is 2450. The molecule has 0 bridgehead atoms. The van der Waals surface area contributed by atoms with Crippen molar-refractivity contribution in [2.24, 2.45) is 0 Å². The van der Waals surface area contributed by atoms with E-state index < -0.39 is 0 Å². The highest BCUT2D eigenvalue weighted by molar-refractivity contribution is 7.26. The van der Waals surface area contributed by atoms with Gasteiger partial charge in [0.25, 0.3) is 0 Å². The van der Waals surface area contributed by atoms with E-state index >= 15 is 0 Å². The van der Waals surface area contributed by atoms with Crippen molar-refractivity contribution in [2.75, 3.05) is 0 Å². The van der Waals surface area contributed by atoms with Crippen LogP contribution in [0.1, 0.15) is 5.56 Å². The van der Waals surface area contributed by atoms with Crippen LogP contribution in [0.25, 0.3) is 75.2 Å². The molecule has 41 heavy (non-hydrogen) atoms. The Hall–Kier alpha value is -5.37. The Morgan fingerprint density at radius 2 is 0.951 bits per heavy atom. The largest absolute Gasteiger partial charge is 0.309 e. The topological polar surface area (TPSA) is 33.6 Å². The lowest BCUT2D eigenvalue weighted by atomic mass is 10.0. The van der Waals surface area contributed by atoms with Crippen molar-refractivity contribution >= 4 is 75.1 Å². The molecule has 6 aromatic carbocycles. The molecule has 0 N–H and O–H groups in total. The van der Waals surface area contributed by atoms with Crippen molar-refractivity contribution in [2.45, 2.75) is 0 Å². The van der Waals surface area contributed by atoms with Crippen molar-refractivity contribution in [1.29, 1.82) is 5.26 Å². The third kappa shape index (κ3) is 2.96. The van der Waals surface area contributed by atoms with Crippen molar-refractivity contribution in [3.8, 4) is 17.4 Å². The summed E-state index contributed by atoms with van der Waals surface area (Å²) in [5, 5.41) is 17.9. The van der Waals surface area contributed by atoms with Crippen LogP contribution >= 0.6 is 11.3 Å². The summed E-state index contributed by atoms with van der Waals surface area (Å²) in [6.45, 7) is 0. The number of hydrogen-bond donors (Lipinski definition) is 0. The number of benzene rings is 6. The standard InChI is InChI=1S/C37H21N3S/c38-22-23-21-33(39-29-16-6-1-11-24(29)25-12-2-7-17-30(25)39)35-28-15-5-10-20-34(28)41-37(35)36(23)40-31-18-8-3-13-26(31)27-14-4-9-19-32(27)40/h1-21H. The van der Waals surface area contributed by atoms with Gasteiger partial charge < -0.3 is 9.13 Å². The molecular formula is C37H21N3S. The van der Waals surface area contributed by atoms with Gasteiger partial charge in [0.2, 0.25) is 0 Å². The number of fused-ring (bicyclic) bond motifs is 9. The Morgan fingerprint density at radius 3 is 1.46 bits per heavy atom. The number of hydrogen-bond acceptors (Lipinski definition) is 2. The van der Waals surface area contributed by atoms with E-state index in [1.54, 1.807) is 11.3 Å². The van der Waals surface area contributed by atoms with Gasteiger partial charge in [0.05, 0.1) is 43.7 Å². The molecule has 3 aromatic heterocycles. The Labute approximate surface area is 239 Å². The number of nitrogens with zero attached hydrogens (tertiary/aromatic N) is 3. The lowest BCUT2D eigenvalue weighted by Crippen LogP contribution is -2.02. The first kappa shape index (κ1) is 22.4. The van der Waals surface area contributed by atoms with E-state index in [1.807, 2.05) is 0 Å². The normalized spacial score (nSPS) is 11.9. The Morgan fingerprint density at radius 1 is 0.512 bits per heavy atom. The first-order valence-corrected chi connectivity index (χ1v) is 14.5. The molecule has 0 radical (unpaired) electrons. The summed E-state index contributed by atoms with van der Waals surface area (Å²) < 4.78 is 6.98. The molecule has 0 amide bonds. The van der Waals surface area contributed by atoms with E-state index in [-0.39, 0.29) is 0 Å². The Balaban J connectivity index is 1.53. The van der Waals surface area contributed by atoms with Crippen LogP contribution in [-0.4, -0.2) is 9.13 Å². The van der Waals surface area contributed by atoms with Crippen LogP contribution in [0.2, 0.25) is 0 Å². The van der Waals surface area contributed by atoms with Crippen LogP contribution in [0, 0.1) is 11.3 Å². The van der Waals surface area contributed by atoms with E-state index in [2.05, 4.69) is 143 Å². The lowest BCUT2D eigenvalue weighted by Gasteiger charge is -2.16. The fraction of sp³-hybridized carbons (Fsp3) is 0. The first-order valence-electron chi connectivity index (χ1n) is 13.7. The van der Waals surface area contributed by atoms with Gasteiger partial charge in [-0.25, -0.2) is 0 Å². The van der Waals surface area contributed by atoms with Crippen molar-refractivity contribution in [3.05, 3.63) is 133 Å². The molecule has 3 heterocycles. The number of thiophene rings is 1. The first-order chi connectivity index (χ1) is 20.3. The van der Waals surface area contributed by atoms with Gasteiger partial charge >= 0.3 is 0 Å². The maximum atomic E-state index is 10.8. The second-order valence-corrected chi connectivity index (χ2v) is 11.5. The van der Waals surface area contributed by atoms with Crippen LogP contribution in [0.3, 0.4) is 0 Å². The van der Waals surface area contributed by atoms with Gasteiger partial charge in [-0.05, 0) is 36.4 Å². The highest BCUT2D eigenvalue weighted by Crippen LogP contribution is 2.46. The molecule has 9 aromatic rings. The molecule has 0 unspecified atom stereocenters. The van der Waals surface area contributed by atoms with E-state index in [0.29, 0.717) is 5.56 Å². The molecule has 0 atom stereocenters. The van der Waals surface area contributed by atoms with Gasteiger partial charge in [0.15, 0.2) is 0 Å². The van der Waals surface area contributed by atoms with Crippen molar-refractivity contribution in [3.63, 3.8) is 0 Å². The summed E-state index contributed by atoms with van der Waals surface area (Å²) in [7, 11) is 0. The molecule has 9 rings (SSSR count). The summed E-state index contributed by atoms with van der Waals surface area (Å²) in [6, 6.07) is 47.5. The minimum absolute atomic E-state index is 0.660. The molecule has 0 aliphatic carbocycles. The molecule has 190 valence electrons. The summed E-state index contributed by atoms with van der Waals surface area (Å²) in [4.78, 5) is 0. The third-order valence-electron chi connectivity index (χ3n) is 8.35. The van der Waals surface area contributed by atoms with E-state index in [4.69, 9.17) is 0 Å². The van der Waals surface area contributed by atoms with Gasteiger partial charge in [-0.15, -0.1) is 11.3 Å². The van der Waals surface area contributed by atoms with Crippen LogP contribution < -0.4 is 0 Å². The molecular weight excluding hydrogens is 518 g/mol. The van der Waals surface area contributed by atoms with Crippen molar-refractivity contribution in [1.82, 2.24) is 9.13 Å². The highest BCUT2D eigenvalue weighted by Gasteiger charge is 2.24. The van der Waals surface area contributed by atoms with E-state index in [1.165, 1.54) is 37.0 Å². The smallest absolute Gasteiger partial charge is 0.101 e. The van der Waals surface area contributed by atoms with Gasteiger partial charge in [-0.2, -0.15) is 5.26 Å². The molecule has 3 nitrogen and oxygen atoms in total. The average molecular weight is 540 g/mol. The quantitative estimate of drug-likeness (QED) is 0.215. The maximum Gasteiger partial charge on any atom is 0.101 e. The predicted octanol–water partition coefficient (Wildman–Crippen LogP) is 10.1. The van der Waals surface area contributed by atoms with Gasteiger partial charge in [-0.3, -0.25) is 0 Å². The number of para-hydroxylation sites is 4. The monoisotopic (exact) mass is 539 g/mol. The lowest BCUT2D eigenvalue weighted by molar-refractivity contribution is 1.16. The predicted molar refractivity (Wildman–Crippen MR) is 173 cm³/mol. The van der Waals surface area contributed by atoms with E-state index in [9.17, 15) is 5.26 Å². The summed E-state index contributed by atoms with van der Waals surface area (Å²) in [5.41, 5.74) is 7.13. The van der Waals surface area contributed by atoms with Gasteiger partial charge in [0.1, 0.15) is 6.07 Å². The number of aromatic nitrogens is 2. The fourth-order valence-corrected chi connectivity index (χ4v) is 7.96. The molecule has 0 saturated heterocycles. The minimum Gasteiger partial charge on any atom is -0.309 e. The van der Waals surface area contributed by atoms with Crippen molar-refractivity contribution < 1.29 is 0 Å². The molecule has 0 spiro atoms. The zero-order valence-electron chi connectivity index (χ0n) is 21.9. The number of nitriles is 1. The highest BCUT2D eigenvalue weighted by atomic mass is 32.1. The summed E-state index contributed by atoms with van der Waals surface area (Å²) in [5.74, 6) is 0. The third-order valence-corrected chi connectivity index (χ3v) is 9.53. The van der Waals surface area contributed by atoms with Crippen LogP contribution in [0.4, 0.5) is 0 Å². The minimum atomic E-state index is 0.660. The zero-order chi connectivity index (χ0) is 27.1. The van der Waals surface area contributed by atoms with Gasteiger partial charge in [-0.1, -0.05) is 91.0 Å². The van der Waals surface area contributed by atoms with E-state index in [0.717, 1.165) is 38.1 Å². The second-order valence-electron chi connectivity index (χ2n) is 10.4. The summed E-state index contributed by atoms with van der Waals surface area (Å²) in [6.07, 6.45) is 0. The molecule has 4 heteroatoms. The SMILES string of the molecule is N#Cc1cc(-n2c3ccccc3c3ccccc32)c2c(sc3ccccc32)c1-n1c2ccccc2c2ccccc21. The number of rotatable bonds is 2. The van der Waals surface area contributed by atoms with Crippen LogP contribution in [0.5, 0.6) is 0 Å². The Kier molecular flexibility index (Phi) is 4.55. The zero-order valence-corrected chi connectivity index (χ0v) is 22.7. The molecule has 0 aliphatic rings. The molecule has 0 fully saturated rings. The summed E-state index contributed by atoms with van der Waals surface area (Å²) >= 11 is 1.77. The van der Waals surface area contributed by atoms with Crippen LogP contribution in [0.15, 0.2) is 127 Å². The average Bonchev–Trinajstić information content (AvgIpc) is 3.69. The van der Waals surface area contributed by atoms with Crippen LogP contribution in [-0.2, 0) is 0 Å². The molecule has 0 aliphatic heterocycles. The van der Waals surface area contributed by atoms with Gasteiger partial charge in [0, 0.05) is 37.0 Å². The fourth-order valence-electron chi connectivity index (χ4n) is 6.70. The molecule has 0 saturated carbocycles.